The molecule has 0 saturated heterocycles. The summed E-state index contributed by atoms with van der Waals surface area (Å²) in [4.78, 5) is 0. The van der Waals surface area contributed by atoms with Gasteiger partial charge in [0.25, 0.3) is 10.0 Å². The van der Waals surface area contributed by atoms with Gasteiger partial charge >= 0.3 is 0 Å². The summed E-state index contributed by atoms with van der Waals surface area (Å²) in [6, 6.07) is 3.19. The Morgan fingerprint density at radius 2 is 2.00 bits per heavy atom. The Morgan fingerprint density at radius 1 is 1.33 bits per heavy atom. The zero-order chi connectivity index (χ0) is 13.2. The van der Waals surface area contributed by atoms with Gasteiger partial charge in [-0.1, -0.05) is 12.8 Å². The Hall–Kier alpha value is -0.850. The van der Waals surface area contributed by atoms with Gasteiger partial charge in [0.15, 0.2) is 0 Å². The van der Waals surface area contributed by atoms with E-state index in [1.807, 2.05) is 6.92 Å². The first-order valence-electron chi connectivity index (χ1n) is 6.22. The molecular formula is C12H20N2O3S. The molecule has 6 heteroatoms. The predicted octanol–water partition coefficient (Wildman–Crippen LogP) is 1.61. The summed E-state index contributed by atoms with van der Waals surface area (Å²) in [5, 5.41) is 2.92. The maximum Gasteiger partial charge on any atom is 0.274 e. The Labute approximate surface area is 108 Å². The van der Waals surface area contributed by atoms with Crippen molar-refractivity contribution in [3.8, 4) is 0 Å². The van der Waals surface area contributed by atoms with Crippen molar-refractivity contribution < 1.29 is 12.8 Å². The molecule has 2 N–H and O–H groups in total. The molecule has 0 bridgehead atoms. The zero-order valence-corrected chi connectivity index (χ0v) is 11.6. The number of furan rings is 1. The molecule has 1 aliphatic carbocycles. The number of nitrogens with one attached hydrogen (secondary N) is 2. The van der Waals surface area contributed by atoms with Crippen LogP contribution in [-0.2, 0) is 16.6 Å². The smallest absolute Gasteiger partial charge is 0.274 e. The first-order valence-corrected chi connectivity index (χ1v) is 7.71. The van der Waals surface area contributed by atoms with Crippen LogP contribution in [0.4, 0.5) is 0 Å². The lowest BCUT2D eigenvalue weighted by Gasteiger charge is -2.23. The van der Waals surface area contributed by atoms with Gasteiger partial charge in [-0.15, -0.1) is 0 Å². The number of hydrogen-bond acceptors (Lipinski definition) is 4. The molecule has 5 nitrogen and oxygen atoms in total. The predicted molar refractivity (Wildman–Crippen MR) is 68.7 cm³/mol. The number of sulfonamides is 1. The second kappa shape index (κ2) is 5.03. The zero-order valence-electron chi connectivity index (χ0n) is 10.8. The molecule has 0 aliphatic heterocycles. The Morgan fingerprint density at radius 3 is 2.61 bits per heavy atom. The fourth-order valence-electron chi connectivity index (χ4n) is 2.40. The molecule has 1 aromatic heterocycles. The maximum atomic E-state index is 12.2. The first-order chi connectivity index (χ1) is 8.45. The topological polar surface area (TPSA) is 71.3 Å². The van der Waals surface area contributed by atoms with E-state index >= 15 is 0 Å². The van der Waals surface area contributed by atoms with Crippen LogP contribution in [0.2, 0.25) is 0 Å². The van der Waals surface area contributed by atoms with Crippen molar-refractivity contribution in [3.63, 3.8) is 0 Å². The first kappa shape index (κ1) is 13.6. The molecule has 1 heterocycles. The molecule has 1 saturated carbocycles. The minimum absolute atomic E-state index is 0.000810. The van der Waals surface area contributed by atoms with Crippen molar-refractivity contribution in [2.75, 3.05) is 7.05 Å². The summed E-state index contributed by atoms with van der Waals surface area (Å²) in [5.41, 5.74) is -0.325. The average molecular weight is 272 g/mol. The van der Waals surface area contributed by atoms with Crippen molar-refractivity contribution in [1.82, 2.24) is 10.0 Å². The fraction of sp³-hybridized carbons (Fsp3) is 0.667. The van der Waals surface area contributed by atoms with Crippen molar-refractivity contribution >= 4 is 10.0 Å². The molecule has 1 aliphatic rings. The van der Waals surface area contributed by atoms with Gasteiger partial charge in [-0.25, -0.2) is 13.1 Å². The minimum atomic E-state index is -3.54. The standard InChI is InChI=1S/C12H20N2O3S/c1-12(7-3-4-8-12)14-18(15,16)11-6-5-10(17-11)9-13-2/h5-6,13-14H,3-4,7-9H2,1-2H3. The monoisotopic (exact) mass is 272 g/mol. The van der Waals surface area contributed by atoms with E-state index in [1.54, 1.807) is 13.1 Å². The van der Waals surface area contributed by atoms with Gasteiger partial charge in [-0.3, -0.25) is 0 Å². The summed E-state index contributed by atoms with van der Waals surface area (Å²) in [5.74, 6) is 0.620. The van der Waals surface area contributed by atoms with Crippen LogP contribution in [0.3, 0.4) is 0 Å². The maximum absolute atomic E-state index is 12.2. The summed E-state index contributed by atoms with van der Waals surface area (Å²) in [6.45, 7) is 2.47. The lowest BCUT2D eigenvalue weighted by atomic mass is 10.0. The third-order valence-corrected chi connectivity index (χ3v) is 4.85. The number of rotatable bonds is 5. The van der Waals surface area contributed by atoms with Crippen LogP contribution in [0, 0.1) is 0 Å². The second-order valence-electron chi connectivity index (χ2n) is 5.12. The van der Waals surface area contributed by atoms with Crippen LogP contribution in [0.15, 0.2) is 21.6 Å². The fourth-order valence-corrected chi connectivity index (χ4v) is 3.82. The van der Waals surface area contributed by atoms with Gasteiger partial charge in [0.2, 0.25) is 5.09 Å². The van der Waals surface area contributed by atoms with E-state index in [4.69, 9.17) is 4.42 Å². The van der Waals surface area contributed by atoms with Crippen LogP contribution >= 0.6 is 0 Å². The summed E-state index contributed by atoms with van der Waals surface area (Å²) in [6.07, 6.45) is 3.91. The third-order valence-electron chi connectivity index (χ3n) is 3.34. The normalized spacial score (nSPS) is 19.2. The molecule has 0 unspecified atom stereocenters. The van der Waals surface area contributed by atoms with E-state index in [9.17, 15) is 8.42 Å². The van der Waals surface area contributed by atoms with E-state index in [-0.39, 0.29) is 10.6 Å². The Balaban J connectivity index is 2.14. The molecule has 2 rings (SSSR count). The van der Waals surface area contributed by atoms with Gasteiger partial charge in [0.1, 0.15) is 5.76 Å². The van der Waals surface area contributed by atoms with Gasteiger partial charge in [0.05, 0.1) is 6.54 Å². The summed E-state index contributed by atoms with van der Waals surface area (Å²) >= 11 is 0. The van der Waals surface area contributed by atoms with E-state index in [0.29, 0.717) is 12.3 Å². The van der Waals surface area contributed by atoms with Gasteiger partial charge in [-0.05, 0) is 38.9 Å². The molecule has 18 heavy (non-hydrogen) atoms. The summed E-state index contributed by atoms with van der Waals surface area (Å²) < 4.78 is 32.5. The molecule has 0 spiro atoms. The second-order valence-corrected chi connectivity index (χ2v) is 6.74. The third kappa shape index (κ3) is 2.93. The van der Waals surface area contributed by atoms with Crippen LogP contribution in [0.1, 0.15) is 38.4 Å². The van der Waals surface area contributed by atoms with E-state index in [0.717, 1.165) is 25.7 Å². The molecule has 0 amide bonds. The largest absolute Gasteiger partial charge is 0.447 e. The van der Waals surface area contributed by atoms with Crippen molar-refractivity contribution in [2.45, 2.75) is 49.8 Å². The molecule has 0 aromatic carbocycles. The van der Waals surface area contributed by atoms with Crippen LogP contribution in [0.25, 0.3) is 0 Å². The SMILES string of the molecule is CNCc1ccc(S(=O)(=O)NC2(C)CCCC2)o1. The molecule has 0 radical (unpaired) electrons. The average Bonchev–Trinajstić information content (AvgIpc) is 2.87. The minimum Gasteiger partial charge on any atom is -0.447 e. The molecule has 1 aromatic rings. The lowest BCUT2D eigenvalue weighted by Crippen LogP contribution is -2.43. The highest BCUT2D eigenvalue weighted by molar-refractivity contribution is 7.89. The summed E-state index contributed by atoms with van der Waals surface area (Å²) in [7, 11) is -1.76. The molecular weight excluding hydrogens is 252 g/mol. The van der Waals surface area contributed by atoms with Crippen molar-refractivity contribution in [1.29, 1.82) is 0 Å². The lowest BCUT2D eigenvalue weighted by molar-refractivity contribution is 0.385. The highest BCUT2D eigenvalue weighted by Gasteiger charge is 2.34. The quantitative estimate of drug-likeness (QED) is 0.854. The van der Waals surface area contributed by atoms with Gasteiger partial charge in [0, 0.05) is 5.54 Å². The van der Waals surface area contributed by atoms with E-state index < -0.39 is 10.0 Å². The molecule has 0 atom stereocenters. The van der Waals surface area contributed by atoms with E-state index in [2.05, 4.69) is 10.0 Å². The molecule has 102 valence electrons. The highest BCUT2D eigenvalue weighted by atomic mass is 32.2. The Bertz CT molecular complexity index is 501. The van der Waals surface area contributed by atoms with Crippen LogP contribution < -0.4 is 10.0 Å². The number of hydrogen-bond donors (Lipinski definition) is 2. The van der Waals surface area contributed by atoms with Crippen LogP contribution in [-0.4, -0.2) is 21.0 Å². The van der Waals surface area contributed by atoms with Crippen LogP contribution in [0.5, 0.6) is 0 Å². The van der Waals surface area contributed by atoms with E-state index in [1.165, 1.54) is 6.07 Å². The van der Waals surface area contributed by atoms with Crippen molar-refractivity contribution in [2.24, 2.45) is 0 Å². The highest BCUT2D eigenvalue weighted by Crippen LogP contribution is 2.30. The molecule has 1 fully saturated rings. The Kier molecular flexibility index (Phi) is 3.79. The van der Waals surface area contributed by atoms with Gasteiger partial charge < -0.3 is 9.73 Å². The van der Waals surface area contributed by atoms with Crippen molar-refractivity contribution in [3.05, 3.63) is 17.9 Å². The van der Waals surface area contributed by atoms with Gasteiger partial charge in [-0.2, -0.15) is 0 Å².